The highest BCUT2D eigenvalue weighted by atomic mass is 15.0. The summed E-state index contributed by atoms with van der Waals surface area (Å²) >= 11 is 0. The zero-order valence-electron chi connectivity index (χ0n) is 42.3. The van der Waals surface area contributed by atoms with Crippen molar-refractivity contribution < 1.29 is 0 Å². The van der Waals surface area contributed by atoms with E-state index in [2.05, 4.69) is 100 Å². The van der Waals surface area contributed by atoms with Crippen LogP contribution in [-0.4, -0.2) is 19.1 Å². The van der Waals surface area contributed by atoms with E-state index in [1.165, 1.54) is 24.3 Å². The quantitative estimate of drug-likeness (QED) is 0.144. The number of hydrogen-bond acceptors (Lipinski definition) is 8. The second kappa shape index (κ2) is 19.5. The topological polar surface area (TPSA) is 178 Å². The van der Waals surface area contributed by atoms with E-state index in [0.29, 0.717) is 28.1 Å². The molecule has 0 radical (unpaired) electrons. The Balaban J connectivity index is 1.08. The van der Waals surface area contributed by atoms with Crippen molar-refractivity contribution in [3.8, 4) is 115 Å². The fraction of sp³-hybridized carbons (Fsp3) is 0. The highest BCUT2D eigenvalue weighted by Crippen LogP contribution is 2.44. The van der Waals surface area contributed by atoms with Crippen LogP contribution in [0.1, 0.15) is 33.4 Å². The maximum Gasteiger partial charge on any atom is 0.160 e. The lowest BCUT2D eigenvalue weighted by atomic mass is 9.92. The third-order valence-electron chi connectivity index (χ3n) is 14.7. The minimum absolute atomic E-state index is 0.235. The van der Waals surface area contributed by atoms with Crippen LogP contribution >= 0.6 is 0 Å². The molecule has 0 atom stereocenters. The molecule has 366 valence electrons. The molecule has 0 saturated carbocycles. The molecule has 0 aliphatic carbocycles. The summed E-state index contributed by atoms with van der Waals surface area (Å²) in [5.41, 5.74) is 15.1. The maximum atomic E-state index is 10.4. The first-order chi connectivity index (χ1) is 39.4. The number of rotatable bonds is 8. The molecule has 0 unspecified atom stereocenters. The van der Waals surface area contributed by atoms with Crippen molar-refractivity contribution in [2.24, 2.45) is 0 Å². The summed E-state index contributed by atoms with van der Waals surface area (Å²) < 4.78 is 4.53. The van der Waals surface area contributed by atoms with E-state index >= 15 is 0 Å². The van der Waals surface area contributed by atoms with Crippen molar-refractivity contribution >= 4 is 43.6 Å². The van der Waals surface area contributed by atoms with E-state index in [9.17, 15) is 31.6 Å². The molecule has 0 N–H and O–H groups in total. The van der Waals surface area contributed by atoms with E-state index in [1.807, 2.05) is 140 Å². The number of para-hydroxylation sites is 3. The molecule has 13 rings (SSSR count). The molecule has 10 aromatic carbocycles. The van der Waals surface area contributed by atoms with Crippen LogP contribution in [0, 0.1) is 68.0 Å². The normalized spacial score (nSPS) is 10.9. The lowest BCUT2D eigenvalue weighted by Gasteiger charge is -2.20. The standard InChI is InChI=1S/C70H36N10/c71-37-43-29-50(39-73)68(51(30-43)40-74)48-24-27-65-58(33-48)55-18-8-11-21-63(55)79(65)62-20-10-7-17-54(62)57-26-23-47(61-36-60(45-13-3-1-4-14-45)77-70(78-61)46-15-5-2-6-16-46)35-67(57)80-64-22-12-9-19-56(64)59-34-49(25-28-66(59)80)69-52(41-75)31-44(38-72)32-53(69)42-76/h1-36H. The molecule has 3 aromatic heterocycles. The molecule has 0 saturated heterocycles. The van der Waals surface area contributed by atoms with Gasteiger partial charge in [-0.1, -0.05) is 140 Å². The van der Waals surface area contributed by atoms with Gasteiger partial charge in [0.2, 0.25) is 0 Å². The Hall–Kier alpha value is -12.2. The maximum absolute atomic E-state index is 10.4. The van der Waals surface area contributed by atoms with Crippen LogP contribution in [0.25, 0.3) is 122 Å². The average Bonchev–Trinajstić information content (AvgIpc) is 4.20. The van der Waals surface area contributed by atoms with Crippen LogP contribution in [0.4, 0.5) is 0 Å². The van der Waals surface area contributed by atoms with Gasteiger partial charge in [0.15, 0.2) is 5.82 Å². The molecular weight excluding hydrogens is 981 g/mol. The summed E-state index contributed by atoms with van der Waals surface area (Å²) in [5.74, 6) is 0.583. The molecule has 0 amide bonds. The number of aromatic nitrogens is 4. The molecule has 10 heteroatoms. The number of hydrogen-bond donors (Lipinski definition) is 0. The lowest BCUT2D eigenvalue weighted by molar-refractivity contribution is 1.15. The Morgan fingerprint density at radius 3 is 1.21 bits per heavy atom. The van der Waals surface area contributed by atoms with Crippen LogP contribution in [-0.2, 0) is 0 Å². The zero-order valence-corrected chi connectivity index (χ0v) is 42.3. The first-order valence-electron chi connectivity index (χ1n) is 25.5. The van der Waals surface area contributed by atoms with Crippen molar-refractivity contribution in [1.29, 1.82) is 31.6 Å². The van der Waals surface area contributed by atoms with Crippen LogP contribution < -0.4 is 0 Å². The molecule has 0 aliphatic rings. The number of nitriles is 6. The van der Waals surface area contributed by atoms with E-state index in [1.54, 1.807) is 0 Å². The van der Waals surface area contributed by atoms with Crippen LogP contribution in [0.3, 0.4) is 0 Å². The lowest BCUT2D eigenvalue weighted by Crippen LogP contribution is -2.02. The van der Waals surface area contributed by atoms with E-state index in [0.717, 1.165) is 94.2 Å². The van der Waals surface area contributed by atoms with Crippen molar-refractivity contribution in [3.63, 3.8) is 0 Å². The van der Waals surface area contributed by atoms with Crippen molar-refractivity contribution in [1.82, 2.24) is 19.1 Å². The Kier molecular flexibility index (Phi) is 11.6. The van der Waals surface area contributed by atoms with Gasteiger partial charge in [-0.2, -0.15) is 31.6 Å². The second-order valence-corrected chi connectivity index (χ2v) is 19.2. The fourth-order valence-electron chi connectivity index (χ4n) is 11.2. The third-order valence-corrected chi connectivity index (χ3v) is 14.7. The van der Waals surface area contributed by atoms with Gasteiger partial charge in [0.1, 0.15) is 0 Å². The SMILES string of the molecule is N#Cc1cc(C#N)c(-c2ccc3c(c2)c2ccccc2n3-c2ccccc2-c2ccc(-c3cc(-c4ccccc4)nc(-c4ccccc4)n3)cc2-n2c3ccccc3c3cc(-c4c(C#N)cc(C#N)cc4C#N)ccc32)c(C#N)c1. The van der Waals surface area contributed by atoms with Crippen LogP contribution in [0.5, 0.6) is 0 Å². The molecule has 10 nitrogen and oxygen atoms in total. The number of benzene rings is 10. The summed E-state index contributed by atoms with van der Waals surface area (Å²) in [5, 5.41) is 64.6. The molecule has 80 heavy (non-hydrogen) atoms. The second-order valence-electron chi connectivity index (χ2n) is 19.2. The summed E-state index contributed by atoms with van der Waals surface area (Å²) in [6.45, 7) is 0. The van der Waals surface area contributed by atoms with Crippen molar-refractivity contribution in [3.05, 3.63) is 252 Å². The Bertz CT molecular complexity index is 4900. The average molecular weight is 1020 g/mol. The highest BCUT2D eigenvalue weighted by Gasteiger charge is 2.24. The fourth-order valence-corrected chi connectivity index (χ4v) is 11.2. The Morgan fingerprint density at radius 2 is 0.700 bits per heavy atom. The summed E-state index contributed by atoms with van der Waals surface area (Å²) in [7, 11) is 0. The Morgan fingerprint density at radius 1 is 0.287 bits per heavy atom. The van der Waals surface area contributed by atoms with Crippen LogP contribution in [0.2, 0.25) is 0 Å². The summed E-state index contributed by atoms with van der Waals surface area (Å²) in [6.07, 6.45) is 0. The van der Waals surface area contributed by atoms with Gasteiger partial charge in [-0.25, -0.2) is 9.97 Å². The molecule has 0 spiro atoms. The van der Waals surface area contributed by atoms with Gasteiger partial charge in [-0.05, 0) is 90.0 Å². The zero-order chi connectivity index (χ0) is 54.4. The highest BCUT2D eigenvalue weighted by molar-refractivity contribution is 6.13. The van der Waals surface area contributed by atoms with Gasteiger partial charge < -0.3 is 9.13 Å². The van der Waals surface area contributed by atoms with Gasteiger partial charge in [0.05, 0.1) is 115 Å². The predicted octanol–water partition coefficient (Wildman–Crippen LogP) is 15.9. The van der Waals surface area contributed by atoms with Gasteiger partial charge >= 0.3 is 0 Å². The first kappa shape index (κ1) is 47.5. The summed E-state index contributed by atoms with van der Waals surface area (Å²) in [4.78, 5) is 10.4. The third kappa shape index (κ3) is 7.84. The minimum Gasteiger partial charge on any atom is -0.309 e. The monoisotopic (exact) mass is 1020 g/mol. The van der Waals surface area contributed by atoms with Gasteiger partial charge in [-0.3, -0.25) is 0 Å². The predicted molar refractivity (Wildman–Crippen MR) is 312 cm³/mol. The number of nitrogens with zero attached hydrogens (tertiary/aromatic N) is 10. The Labute approximate surface area is 458 Å². The van der Waals surface area contributed by atoms with Crippen molar-refractivity contribution in [2.45, 2.75) is 0 Å². The molecule has 0 fully saturated rings. The number of fused-ring (bicyclic) bond motifs is 6. The molecule has 0 bridgehead atoms. The minimum atomic E-state index is 0.235. The smallest absolute Gasteiger partial charge is 0.160 e. The van der Waals surface area contributed by atoms with Gasteiger partial charge in [0, 0.05) is 60.5 Å². The molecule has 3 heterocycles. The van der Waals surface area contributed by atoms with Crippen LogP contribution in [0.15, 0.2) is 218 Å². The first-order valence-corrected chi connectivity index (χ1v) is 25.5. The van der Waals surface area contributed by atoms with E-state index < -0.39 is 0 Å². The summed E-state index contributed by atoms with van der Waals surface area (Å²) in [6, 6.07) is 84.5. The largest absolute Gasteiger partial charge is 0.309 e. The van der Waals surface area contributed by atoms with E-state index in [4.69, 9.17) is 9.97 Å². The van der Waals surface area contributed by atoms with Gasteiger partial charge in [0.25, 0.3) is 0 Å². The molecule has 0 aliphatic heterocycles. The van der Waals surface area contributed by atoms with Gasteiger partial charge in [-0.15, -0.1) is 0 Å². The molecular formula is C70H36N10. The van der Waals surface area contributed by atoms with Crippen molar-refractivity contribution in [2.75, 3.05) is 0 Å². The van der Waals surface area contributed by atoms with E-state index in [-0.39, 0.29) is 33.4 Å². The molecule has 13 aromatic rings.